The summed E-state index contributed by atoms with van der Waals surface area (Å²) in [6.07, 6.45) is 0. The monoisotopic (exact) mass is 765 g/mol. The molecule has 0 aliphatic heterocycles. The maximum absolute atomic E-state index is 6.58. The van der Waals surface area contributed by atoms with E-state index in [2.05, 4.69) is 235 Å². The van der Waals surface area contributed by atoms with Gasteiger partial charge in [-0.15, -0.1) is 0 Å². The van der Waals surface area contributed by atoms with Crippen molar-refractivity contribution in [3.8, 4) is 55.6 Å². The van der Waals surface area contributed by atoms with Crippen LogP contribution in [-0.4, -0.2) is 0 Å². The molecular weight excluding hydrogens is 727 g/mol. The number of rotatable bonds is 8. The van der Waals surface area contributed by atoms with Gasteiger partial charge in [-0.1, -0.05) is 176 Å². The third-order valence-electron chi connectivity index (χ3n) is 11.6. The number of fused-ring (bicyclic) bond motifs is 5. The molecule has 0 radical (unpaired) electrons. The molecule has 0 unspecified atom stereocenters. The van der Waals surface area contributed by atoms with E-state index in [1.807, 2.05) is 6.07 Å². The predicted octanol–water partition coefficient (Wildman–Crippen LogP) is 16.5. The van der Waals surface area contributed by atoms with E-state index in [0.717, 1.165) is 61.3 Å². The number of hydrogen-bond donors (Lipinski definition) is 0. The van der Waals surface area contributed by atoms with Gasteiger partial charge in [0.1, 0.15) is 11.2 Å². The molecule has 1 aromatic heterocycles. The van der Waals surface area contributed by atoms with E-state index in [0.29, 0.717) is 0 Å². The first kappa shape index (κ1) is 35.2. The molecule has 0 fully saturated rings. The zero-order chi connectivity index (χ0) is 39.8. The van der Waals surface area contributed by atoms with Crippen LogP contribution in [0.15, 0.2) is 241 Å². The molecule has 0 saturated carbocycles. The Morgan fingerprint density at radius 3 is 1.33 bits per heavy atom. The molecule has 282 valence electrons. The second-order valence-electron chi connectivity index (χ2n) is 15.3. The van der Waals surface area contributed by atoms with Crippen LogP contribution < -0.4 is 4.90 Å². The van der Waals surface area contributed by atoms with Crippen LogP contribution in [0.3, 0.4) is 0 Å². The smallest absolute Gasteiger partial charge is 0.136 e. The van der Waals surface area contributed by atoms with Crippen molar-refractivity contribution >= 4 is 49.8 Å². The summed E-state index contributed by atoms with van der Waals surface area (Å²) in [5.74, 6) is 0. The lowest BCUT2D eigenvalue weighted by Crippen LogP contribution is -2.10. The summed E-state index contributed by atoms with van der Waals surface area (Å²) in [5, 5.41) is 4.64. The molecule has 0 saturated heterocycles. The van der Waals surface area contributed by atoms with Gasteiger partial charge in [-0.2, -0.15) is 0 Å². The minimum Gasteiger partial charge on any atom is -0.456 e. The Hall–Kier alpha value is -7.94. The molecule has 0 aliphatic rings. The zero-order valence-electron chi connectivity index (χ0n) is 32.9. The third kappa shape index (κ3) is 6.51. The Morgan fingerprint density at radius 2 is 0.717 bits per heavy atom. The third-order valence-corrected chi connectivity index (χ3v) is 11.6. The fourth-order valence-electron chi connectivity index (χ4n) is 8.71. The van der Waals surface area contributed by atoms with Crippen LogP contribution in [-0.2, 0) is 0 Å². The number of benzene rings is 10. The zero-order valence-corrected chi connectivity index (χ0v) is 32.9. The summed E-state index contributed by atoms with van der Waals surface area (Å²) in [6, 6.07) is 84.8. The maximum Gasteiger partial charge on any atom is 0.136 e. The summed E-state index contributed by atoms with van der Waals surface area (Å²) in [7, 11) is 0. The Labute approximate surface area is 349 Å². The van der Waals surface area contributed by atoms with E-state index in [1.165, 1.54) is 44.2 Å². The molecule has 0 bridgehead atoms. The van der Waals surface area contributed by atoms with Crippen molar-refractivity contribution in [1.82, 2.24) is 0 Å². The van der Waals surface area contributed by atoms with Gasteiger partial charge in [0.05, 0.1) is 0 Å². The van der Waals surface area contributed by atoms with Gasteiger partial charge >= 0.3 is 0 Å². The van der Waals surface area contributed by atoms with Gasteiger partial charge in [-0.3, -0.25) is 0 Å². The van der Waals surface area contributed by atoms with E-state index in [9.17, 15) is 0 Å². The molecule has 0 aliphatic carbocycles. The quantitative estimate of drug-likeness (QED) is 0.153. The second kappa shape index (κ2) is 15.1. The first-order valence-electron chi connectivity index (χ1n) is 20.5. The summed E-state index contributed by atoms with van der Waals surface area (Å²) in [4.78, 5) is 2.36. The van der Waals surface area contributed by atoms with Crippen LogP contribution in [0.4, 0.5) is 17.1 Å². The minimum atomic E-state index is 0.891. The van der Waals surface area contributed by atoms with E-state index < -0.39 is 0 Å². The predicted molar refractivity (Wildman–Crippen MR) is 253 cm³/mol. The van der Waals surface area contributed by atoms with Crippen LogP contribution in [0.5, 0.6) is 0 Å². The summed E-state index contributed by atoms with van der Waals surface area (Å²) in [5.41, 5.74) is 16.8. The Bertz CT molecular complexity index is 3210. The first-order chi connectivity index (χ1) is 29.7. The lowest BCUT2D eigenvalue weighted by molar-refractivity contribution is 0.669. The van der Waals surface area contributed by atoms with Crippen LogP contribution >= 0.6 is 0 Å². The highest BCUT2D eigenvalue weighted by Crippen LogP contribution is 2.43. The van der Waals surface area contributed by atoms with Gasteiger partial charge in [0.15, 0.2) is 0 Å². The molecule has 0 N–H and O–H groups in total. The number of anilines is 3. The highest BCUT2D eigenvalue weighted by molar-refractivity contribution is 6.22. The van der Waals surface area contributed by atoms with Crippen molar-refractivity contribution in [3.63, 3.8) is 0 Å². The van der Waals surface area contributed by atoms with Crippen molar-refractivity contribution in [2.75, 3.05) is 4.90 Å². The molecule has 11 rings (SSSR count). The number of furan rings is 1. The molecule has 10 aromatic carbocycles. The average molecular weight is 766 g/mol. The number of nitrogens with zero attached hydrogens (tertiary/aromatic N) is 1. The lowest BCUT2D eigenvalue weighted by Gasteiger charge is -2.27. The average Bonchev–Trinajstić information content (AvgIpc) is 3.71. The van der Waals surface area contributed by atoms with Crippen molar-refractivity contribution < 1.29 is 4.42 Å². The largest absolute Gasteiger partial charge is 0.456 e. The second-order valence-corrected chi connectivity index (χ2v) is 15.3. The van der Waals surface area contributed by atoms with Gasteiger partial charge < -0.3 is 9.32 Å². The molecule has 11 aromatic rings. The normalized spacial score (nSPS) is 11.3. The van der Waals surface area contributed by atoms with Gasteiger partial charge in [0.2, 0.25) is 0 Å². The molecule has 60 heavy (non-hydrogen) atoms. The summed E-state index contributed by atoms with van der Waals surface area (Å²) >= 11 is 0. The van der Waals surface area contributed by atoms with Crippen LogP contribution in [0.2, 0.25) is 0 Å². The highest BCUT2D eigenvalue weighted by Gasteiger charge is 2.18. The molecule has 2 nitrogen and oxygen atoms in total. The fourth-order valence-corrected chi connectivity index (χ4v) is 8.71. The van der Waals surface area contributed by atoms with E-state index in [-0.39, 0.29) is 0 Å². The molecule has 0 spiro atoms. The van der Waals surface area contributed by atoms with E-state index in [1.54, 1.807) is 0 Å². The van der Waals surface area contributed by atoms with Crippen LogP contribution in [0, 0.1) is 0 Å². The standard InChI is InChI=1S/C58H39NO/c1-4-15-40(16-5-1)44-21-12-24-48(35-44)54-39-57-58(53-27-10-11-28-56(53)60-57)55-38-47(31-34-52(54)55)43-29-32-49(33-30-43)59(50-25-13-22-45(36-50)41-17-6-2-7-18-41)51-26-14-23-46(37-51)42-19-8-3-9-20-42/h1-39H. The highest BCUT2D eigenvalue weighted by atomic mass is 16.3. The van der Waals surface area contributed by atoms with Crippen molar-refractivity contribution in [2.24, 2.45) is 0 Å². The first-order valence-corrected chi connectivity index (χ1v) is 20.5. The molecule has 0 amide bonds. The molecule has 2 heteroatoms. The summed E-state index contributed by atoms with van der Waals surface area (Å²) < 4.78 is 6.58. The van der Waals surface area contributed by atoms with Crippen molar-refractivity contribution in [2.45, 2.75) is 0 Å². The fraction of sp³-hybridized carbons (Fsp3) is 0. The Balaban J connectivity index is 1.03. The maximum atomic E-state index is 6.58. The van der Waals surface area contributed by atoms with Crippen LogP contribution in [0.1, 0.15) is 0 Å². The number of para-hydroxylation sites is 1. The van der Waals surface area contributed by atoms with Gasteiger partial charge in [-0.05, 0) is 127 Å². The number of hydrogen-bond acceptors (Lipinski definition) is 2. The topological polar surface area (TPSA) is 16.4 Å². The Kier molecular flexibility index (Phi) is 8.87. The van der Waals surface area contributed by atoms with Gasteiger partial charge in [0, 0.05) is 27.8 Å². The van der Waals surface area contributed by atoms with Gasteiger partial charge in [-0.25, -0.2) is 0 Å². The van der Waals surface area contributed by atoms with Gasteiger partial charge in [0.25, 0.3) is 0 Å². The molecular formula is C58H39NO. The molecule has 0 atom stereocenters. The summed E-state index contributed by atoms with van der Waals surface area (Å²) in [6.45, 7) is 0. The van der Waals surface area contributed by atoms with Crippen molar-refractivity contribution in [1.29, 1.82) is 0 Å². The lowest BCUT2D eigenvalue weighted by atomic mass is 9.91. The minimum absolute atomic E-state index is 0.891. The molecule has 1 heterocycles. The van der Waals surface area contributed by atoms with Crippen molar-refractivity contribution in [3.05, 3.63) is 237 Å². The van der Waals surface area contributed by atoms with E-state index >= 15 is 0 Å². The van der Waals surface area contributed by atoms with E-state index in [4.69, 9.17) is 4.42 Å². The SMILES string of the molecule is c1ccc(-c2cccc(-c3cc4oc5ccccc5c4c4cc(-c5ccc(N(c6cccc(-c7ccccc7)c6)c6cccc(-c7ccccc7)c6)cc5)ccc34)c2)cc1. The Morgan fingerprint density at radius 1 is 0.250 bits per heavy atom. The van der Waals surface area contributed by atoms with Crippen LogP contribution in [0.25, 0.3) is 88.3 Å².